The van der Waals surface area contributed by atoms with Crippen molar-refractivity contribution in [1.82, 2.24) is 5.32 Å². The molecule has 0 aromatic heterocycles. The van der Waals surface area contributed by atoms with E-state index in [1.807, 2.05) is 6.92 Å². The summed E-state index contributed by atoms with van der Waals surface area (Å²) in [5, 5.41) is 3.05. The van der Waals surface area contributed by atoms with Crippen molar-refractivity contribution >= 4 is 15.9 Å². The van der Waals surface area contributed by atoms with Crippen LogP contribution >= 0.6 is 15.9 Å². The Kier molecular flexibility index (Phi) is 3.31. The average Bonchev–Trinajstić information content (AvgIpc) is 2.25. The van der Waals surface area contributed by atoms with Gasteiger partial charge in [-0.15, -0.1) is 0 Å². The molecule has 0 radical (unpaired) electrons. The Morgan fingerprint density at radius 2 is 2.00 bits per heavy atom. The zero-order chi connectivity index (χ0) is 11.9. The molecule has 0 bridgehead atoms. The fourth-order valence-electron chi connectivity index (χ4n) is 2.46. The summed E-state index contributed by atoms with van der Waals surface area (Å²) in [4.78, 5) is 0. The van der Waals surface area contributed by atoms with Crippen LogP contribution in [-0.4, -0.2) is 7.05 Å². The van der Waals surface area contributed by atoms with Crippen molar-refractivity contribution in [1.29, 1.82) is 0 Å². The van der Waals surface area contributed by atoms with Gasteiger partial charge in [0.15, 0.2) is 0 Å². The Labute approximate surface area is 102 Å². The quantitative estimate of drug-likeness (QED) is 0.774. The van der Waals surface area contributed by atoms with E-state index in [-0.39, 0.29) is 28.1 Å². The number of halogens is 3. The first-order valence-corrected chi connectivity index (χ1v) is 6.20. The maximum absolute atomic E-state index is 14.0. The van der Waals surface area contributed by atoms with E-state index >= 15 is 0 Å². The van der Waals surface area contributed by atoms with Gasteiger partial charge in [0, 0.05) is 11.6 Å². The topological polar surface area (TPSA) is 12.0 Å². The molecule has 0 saturated carbocycles. The molecule has 1 N–H and O–H groups in total. The van der Waals surface area contributed by atoms with E-state index in [0.29, 0.717) is 11.1 Å². The molecule has 1 aliphatic rings. The molecule has 0 fully saturated rings. The van der Waals surface area contributed by atoms with Crippen LogP contribution in [0.5, 0.6) is 0 Å². The normalized spacial score (nSPS) is 24.3. The van der Waals surface area contributed by atoms with Crippen LogP contribution in [-0.2, 0) is 0 Å². The number of rotatable bonds is 1. The third-order valence-corrected chi connectivity index (χ3v) is 3.90. The van der Waals surface area contributed by atoms with Gasteiger partial charge in [-0.1, -0.05) is 6.92 Å². The van der Waals surface area contributed by atoms with Crippen molar-refractivity contribution < 1.29 is 8.78 Å². The lowest BCUT2D eigenvalue weighted by Crippen LogP contribution is -2.25. The highest BCUT2D eigenvalue weighted by atomic mass is 79.9. The Bertz CT molecular complexity index is 420. The molecule has 1 nitrogen and oxygen atoms in total. The molecule has 0 spiro atoms. The van der Waals surface area contributed by atoms with Gasteiger partial charge >= 0.3 is 0 Å². The molecule has 0 saturated heterocycles. The van der Waals surface area contributed by atoms with E-state index in [4.69, 9.17) is 0 Å². The van der Waals surface area contributed by atoms with E-state index in [1.165, 1.54) is 6.07 Å². The number of benzene rings is 1. The maximum Gasteiger partial charge on any atom is 0.142 e. The highest BCUT2D eigenvalue weighted by molar-refractivity contribution is 9.10. The molecule has 0 aliphatic heterocycles. The lowest BCUT2D eigenvalue weighted by atomic mass is 9.80. The second-order valence-corrected chi connectivity index (χ2v) is 5.16. The number of fused-ring (bicyclic) bond motifs is 1. The first-order chi connectivity index (χ1) is 7.56. The second-order valence-electron chi connectivity index (χ2n) is 4.30. The average molecular weight is 290 g/mol. The SMILES string of the molecule is CNC1CCC(C)c2c(F)cc(Br)c(F)c21. The molecule has 2 unspecified atom stereocenters. The van der Waals surface area contributed by atoms with Crippen molar-refractivity contribution in [3.63, 3.8) is 0 Å². The molecule has 2 rings (SSSR count). The summed E-state index contributed by atoms with van der Waals surface area (Å²) in [6.45, 7) is 1.95. The number of hydrogen-bond acceptors (Lipinski definition) is 1. The molecule has 2 atom stereocenters. The minimum Gasteiger partial charge on any atom is -0.313 e. The Hall–Kier alpha value is -0.480. The summed E-state index contributed by atoms with van der Waals surface area (Å²) >= 11 is 3.06. The zero-order valence-electron chi connectivity index (χ0n) is 9.28. The van der Waals surface area contributed by atoms with Gasteiger partial charge in [0.1, 0.15) is 11.6 Å². The number of nitrogens with one attached hydrogen (secondary N) is 1. The van der Waals surface area contributed by atoms with Crippen molar-refractivity contribution in [3.8, 4) is 0 Å². The predicted molar refractivity (Wildman–Crippen MR) is 63.5 cm³/mol. The van der Waals surface area contributed by atoms with Crippen LogP contribution < -0.4 is 5.32 Å². The smallest absolute Gasteiger partial charge is 0.142 e. The Balaban J connectivity index is 2.67. The van der Waals surface area contributed by atoms with Crippen LogP contribution in [0.25, 0.3) is 0 Å². The number of hydrogen-bond donors (Lipinski definition) is 1. The molecule has 88 valence electrons. The summed E-state index contributed by atoms with van der Waals surface area (Å²) in [6, 6.07) is 1.14. The van der Waals surface area contributed by atoms with Gasteiger partial charge in [-0.2, -0.15) is 0 Å². The van der Waals surface area contributed by atoms with Crippen molar-refractivity contribution in [3.05, 3.63) is 33.3 Å². The molecular formula is C12H14BrF2N. The van der Waals surface area contributed by atoms with Gasteiger partial charge in [0.05, 0.1) is 4.47 Å². The van der Waals surface area contributed by atoms with Crippen molar-refractivity contribution in [2.45, 2.75) is 31.7 Å². The standard InChI is InChI=1S/C12H14BrF2N/c1-6-3-4-9(16-2)11-10(6)8(14)5-7(13)12(11)15/h5-6,9,16H,3-4H2,1-2H3. The molecule has 0 heterocycles. The second kappa shape index (κ2) is 4.41. The first-order valence-electron chi connectivity index (χ1n) is 5.40. The monoisotopic (exact) mass is 289 g/mol. The minimum absolute atomic E-state index is 0.0850. The lowest BCUT2D eigenvalue weighted by molar-refractivity contribution is 0.418. The van der Waals surface area contributed by atoms with Gasteiger partial charge in [-0.3, -0.25) is 0 Å². The van der Waals surface area contributed by atoms with Gasteiger partial charge in [0.2, 0.25) is 0 Å². The van der Waals surface area contributed by atoms with E-state index in [2.05, 4.69) is 21.2 Å². The summed E-state index contributed by atoms with van der Waals surface area (Å²) in [5.41, 5.74) is 1.03. The lowest BCUT2D eigenvalue weighted by Gasteiger charge is -2.30. The fourth-order valence-corrected chi connectivity index (χ4v) is 2.88. The minimum atomic E-state index is -0.331. The summed E-state index contributed by atoms with van der Waals surface area (Å²) in [7, 11) is 1.78. The molecular weight excluding hydrogens is 276 g/mol. The van der Waals surface area contributed by atoms with E-state index < -0.39 is 0 Å². The predicted octanol–water partition coefficient (Wildman–Crippen LogP) is 3.89. The van der Waals surface area contributed by atoms with E-state index in [0.717, 1.165) is 12.8 Å². The highest BCUT2D eigenvalue weighted by Gasteiger charge is 2.30. The molecule has 4 heteroatoms. The molecule has 1 aromatic rings. The maximum atomic E-state index is 14.0. The summed E-state index contributed by atoms with van der Waals surface area (Å²) < 4.78 is 28.1. The first kappa shape index (κ1) is 12.0. The van der Waals surface area contributed by atoms with Crippen LogP contribution in [0.1, 0.15) is 42.9 Å². The van der Waals surface area contributed by atoms with Crippen LogP contribution in [0.2, 0.25) is 0 Å². The fraction of sp³-hybridized carbons (Fsp3) is 0.500. The molecule has 1 aliphatic carbocycles. The summed E-state index contributed by atoms with van der Waals surface area (Å²) in [6.07, 6.45) is 1.73. The largest absolute Gasteiger partial charge is 0.313 e. The van der Waals surface area contributed by atoms with E-state index in [1.54, 1.807) is 7.05 Å². The van der Waals surface area contributed by atoms with Crippen LogP contribution in [0, 0.1) is 11.6 Å². The van der Waals surface area contributed by atoms with E-state index in [9.17, 15) is 8.78 Å². The van der Waals surface area contributed by atoms with Gasteiger partial charge < -0.3 is 5.32 Å². The van der Waals surface area contributed by atoms with Crippen molar-refractivity contribution in [2.24, 2.45) is 0 Å². The van der Waals surface area contributed by atoms with Gasteiger partial charge in [-0.25, -0.2) is 8.78 Å². The van der Waals surface area contributed by atoms with Crippen molar-refractivity contribution in [2.75, 3.05) is 7.05 Å². The molecule has 16 heavy (non-hydrogen) atoms. The van der Waals surface area contributed by atoms with Crippen LogP contribution in [0.3, 0.4) is 0 Å². The van der Waals surface area contributed by atoms with Crippen LogP contribution in [0.4, 0.5) is 8.78 Å². The Morgan fingerprint density at radius 3 is 2.62 bits per heavy atom. The van der Waals surface area contributed by atoms with Crippen LogP contribution in [0.15, 0.2) is 10.5 Å². The van der Waals surface area contributed by atoms with Gasteiger partial charge in [-0.05, 0) is 53.4 Å². The Morgan fingerprint density at radius 1 is 1.31 bits per heavy atom. The third kappa shape index (κ3) is 1.78. The third-order valence-electron chi connectivity index (χ3n) is 3.33. The molecule has 1 aromatic carbocycles. The molecule has 0 amide bonds. The highest BCUT2D eigenvalue weighted by Crippen LogP contribution is 2.41. The zero-order valence-corrected chi connectivity index (χ0v) is 10.9. The summed E-state index contributed by atoms with van der Waals surface area (Å²) in [5.74, 6) is -0.555. The van der Waals surface area contributed by atoms with Gasteiger partial charge in [0.25, 0.3) is 0 Å².